The monoisotopic (exact) mass is 338 g/mol. The molecule has 0 bridgehead atoms. The Kier molecular flexibility index (Phi) is 5.56. The summed E-state index contributed by atoms with van der Waals surface area (Å²) < 4.78 is 13.6. The Bertz CT molecular complexity index is 620. The summed E-state index contributed by atoms with van der Waals surface area (Å²) in [4.78, 5) is 24.4. The van der Waals surface area contributed by atoms with Crippen LogP contribution in [0.15, 0.2) is 24.3 Å². The summed E-state index contributed by atoms with van der Waals surface area (Å²) >= 11 is 0. The molecule has 0 spiro atoms. The van der Waals surface area contributed by atoms with E-state index in [0.717, 1.165) is 0 Å². The molecule has 1 aliphatic carbocycles. The Balaban J connectivity index is 1.93. The molecule has 3 atom stereocenters. The molecule has 2 amide bonds. The zero-order valence-electron chi connectivity index (χ0n) is 13.8. The van der Waals surface area contributed by atoms with Crippen molar-refractivity contribution in [2.45, 2.75) is 56.9 Å². The maximum atomic E-state index is 13.6. The molecule has 24 heavy (non-hydrogen) atoms. The lowest BCUT2D eigenvalue weighted by atomic mass is 10.0. The molecule has 2 rings (SSSR count). The van der Waals surface area contributed by atoms with Gasteiger partial charge in [0.05, 0.1) is 24.7 Å². The van der Waals surface area contributed by atoms with Crippen LogP contribution in [-0.2, 0) is 16.0 Å². The summed E-state index contributed by atoms with van der Waals surface area (Å²) in [5.74, 6) is -1.42. The number of benzene rings is 1. The van der Waals surface area contributed by atoms with Crippen LogP contribution in [0.1, 0.15) is 32.3 Å². The number of halogens is 1. The quantitative estimate of drug-likeness (QED) is 0.619. The number of aliphatic hydroxyl groups excluding tert-OH is 2. The first-order chi connectivity index (χ1) is 11.2. The van der Waals surface area contributed by atoms with Crippen LogP contribution < -0.4 is 10.6 Å². The maximum Gasteiger partial charge on any atom is 0.245 e. The molecule has 0 saturated heterocycles. The average Bonchev–Trinajstić information content (AvgIpc) is 2.81. The molecular formula is C17H23FN2O4. The molecule has 1 aliphatic rings. The topological polar surface area (TPSA) is 98.7 Å². The first-order valence-electron chi connectivity index (χ1n) is 7.92. The van der Waals surface area contributed by atoms with Gasteiger partial charge in [0, 0.05) is 0 Å². The molecule has 1 aromatic rings. The van der Waals surface area contributed by atoms with Crippen LogP contribution in [0, 0.1) is 5.82 Å². The van der Waals surface area contributed by atoms with Gasteiger partial charge in [0.2, 0.25) is 11.8 Å². The molecule has 1 aromatic carbocycles. The van der Waals surface area contributed by atoms with E-state index in [9.17, 15) is 24.2 Å². The standard InChI is InChI=1S/C17H23FN2O4/c1-17(2,16(24)19-12-7-8-13(21)15(12)23)20-14(22)9-10-5-3-4-6-11(10)18/h3-6,12-13,15,21,23H,7-9H2,1-2H3,(H,19,24)(H,20,22)/t12-,13-,15-/m1/s1. The molecule has 132 valence electrons. The van der Waals surface area contributed by atoms with Gasteiger partial charge in [0.1, 0.15) is 11.4 Å². The zero-order valence-corrected chi connectivity index (χ0v) is 13.8. The number of carbonyl (C=O) groups excluding carboxylic acids is 2. The molecule has 1 fully saturated rings. The number of amides is 2. The molecule has 1 saturated carbocycles. The first-order valence-corrected chi connectivity index (χ1v) is 7.92. The van der Waals surface area contributed by atoms with Crippen LogP contribution in [0.3, 0.4) is 0 Å². The van der Waals surface area contributed by atoms with Crippen molar-refractivity contribution in [3.63, 3.8) is 0 Å². The summed E-state index contributed by atoms with van der Waals surface area (Å²) in [5.41, 5.74) is -0.976. The molecule has 0 heterocycles. The Morgan fingerprint density at radius 1 is 1.25 bits per heavy atom. The van der Waals surface area contributed by atoms with Crippen LogP contribution in [0.25, 0.3) is 0 Å². The van der Waals surface area contributed by atoms with E-state index in [1.54, 1.807) is 6.07 Å². The van der Waals surface area contributed by atoms with E-state index < -0.39 is 41.4 Å². The third kappa shape index (κ3) is 4.30. The van der Waals surface area contributed by atoms with Crippen molar-refractivity contribution < 1.29 is 24.2 Å². The number of rotatable bonds is 5. The second kappa shape index (κ2) is 7.27. The van der Waals surface area contributed by atoms with Gasteiger partial charge in [0.25, 0.3) is 0 Å². The van der Waals surface area contributed by atoms with Crippen LogP contribution >= 0.6 is 0 Å². The van der Waals surface area contributed by atoms with Gasteiger partial charge in [-0.25, -0.2) is 4.39 Å². The minimum absolute atomic E-state index is 0.172. The average molecular weight is 338 g/mol. The number of carbonyl (C=O) groups is 2. The fourth-order valence-electron chi connectivity index (χ4n) is 2.73. The zero-order chi connectivity index (χ0) is 17.9. The van der Waals surface area contributed by atoms with Gasteiger partial charge in [-0.05, 0) is 38.3 Å². The van der Waals surface area contributed by atoms with Crippen LogP contribution in [0.4, 0.5) is 4.39 Å². The summed E-state index contributed by atoms with van der Waals surface area (Å²) in [6, 6.07) is 5.41. The largest absolute Gasteiger partial charge is 0.390 e. The highest BCUT2D eigenvalue weighted by molar-refractivity contribution is 5.91. The third-order valence-electron chi connectivity index (χ3n) is 4.22. The van der Waals surface area contributed by atoms with E-state index >= 15 is 0 Å². The highest BCUT2D eigenvalue weighted by Crippen LogP contribution is 2.20. The van der Waals surface area contributed by atoms with E-state index in [-0.39, 0.29) is 12.0 Å². The van der Waals surface area contributed by atoms with Gasteiger partial charge in [-0.1, -0.05) is 18.2 Å². The lowest BCUT2D eigenvalue weighted by Gasteiger charge is -2.28. The lowest BCUT2D eigenvalue weighted by molar-refractivity contribution is -0.133. The van der Waals surface area contributed by atoms with Crippen molar-refractivity contribution in [3.8, 4) is 0 Å². The predicted molar refractivity (Wildman–Crippen MR) is 85.5 cm³/mol. The van der Waals surface area contributed by atoms with E-state index in [1.165, 1.54) is 32.0 Å². The number of hydrogen-bond acceptors (Lipinski definition) is 4. The molecule has 0 aromatic heterocycles. The highest BCUT2D eigenvalue weighted by Gasteiger charge is 2.38. The summed E-state index contributed by atoms with van der Waals surface area (Å²) in [5, 5.41) is 24.5. The first kappa shape index (κ1) is 18.4. The fraction of sp³-hybridized carbons (Fsp3) is 0.529. The van der Waals surface area contributed by atoms with Crippen molar-refractivity contribution >= 4 is 11.8 Å². The molecule has 0 aliphatic heterocycles. The van der Waals surface area contributed by atoms with Crippen LogP contribution in [0.5, 0.6) is 0 Å². The van der Waals surface area contributed by atoms with E-state index in [0.29, 0.717) is 12.8 Å². The van der Waals surface area contributed by atoms with Gasteiger partial charge < -0.3 is 20.8 Å². The minimum Gasteiger partial charge on any atom is -0.390 e. The lowest BCUT2D eigenvalue weighted by Crippen LogP contribution is -2.58. The normalized spacial score (nSPS) is 23.8. The van der Waals surface area contributed by atoms with E-state index in [4.69, 9.17) is 0 Å². The molecular weight excluding hydrogens is 315 g/mol. The summed E-state index contributed by atoms with van der Waals surface area (Å²) in [6.07, 6.45) is -1.17. The molecule has 0 radical (unpaired) electrons. The van der Waals surface area contributed by atoms with Gasteiger partial charge in [-0.15, -0.1) is 0 Å². The smallest absolute Gasteiger partial charge is 0.245 e. The Hall–Kier alpha value is -1.99. The van der Waals surface area contributed by atoms with Crippen LogP contribution in [0.2, 0.25) is 0 Å². The number of hydrogen-bond donors (Lipinski definition) is 4. The Morgan fingerprint density at radius 3 is 2.50 bits per heavy atom. The maximum absolute atomic E-state index is 13.6. The van der Waals surface area contributed by atoms with Crippen molar-refractivity contribution in [1.82, 2.24) is 10.6 Å². The predicted octanol–water partition coefficient (Wildman–Crippen LogP) is 0.263. The Labute approximate surface area is 140 Å². The molecule has 6 nitrogen and oxygen atoms in total. The highest BCUT2D eigenvalue weighted by atomic mass is 19.1. The van der Waals surface area contributed by atoms with Gasteiger partial charge >= 0.3 is 0 Å². The molecule has 7 heteroatoms. The summed E-state index contributed by atoms with van der Waals surface area (Å²) in [7, 11) is 0. The second-order valence-electron chi connectivity index (χ2n) is 6.66. The second-order valence-corrected chi connectivity index (χ2v) is 6.66. The molecule has 0 unspecified atom stereocenters. The van der Waals surface area contributed by atoms with E-state index in [2.05, 4.69) is 10.6 Å². The SMILES string of the molecule is CC(C)(NC(=O)Cc1ccccc1F)C(=O)N[C@@H]1CC[C@@H](O)[C@@H]1O. The van der Waals surface area contributed by atoms with E-state index in [1.807, 2.05) is 0 Å². The van der Waals surface area contributed by atoms with Crippen molar-refractivity contribution in [2.75, 3.05) is 0 Å². The number of aliphatic hydroxyl groups is 2. The molecule has 4 N–H and O–H groups in total. The third-order valence-corrected chi connectivity index (χ3v) is 4.22. The van der Waals surface area contributed by atoms with Crippen molar-refractivity contribution in [3.05, 3.63) is 35.6 Å². The minimum atomic E-state index is -1.23. The fourth-order valence-corrected chi connectivity index (χ4v) is 2.73. The van der Waals surface area contributed by atoms with Gasteiger partial charge in [-0.2, -0.15) is 0 Å². The summed E-state index contributed by atoms with van der Waals surface area (Å²) in [6.45, 7) is 3.05. The van der Waals surface area contributed by atoms with Gasteiger partial charge in [-0.3, -0.25) is 9.59 Å². The number of nitrogens with one attached hydrogen (secondary N) is 2. The van der Waals surface area contributed by atoms with Crippen molar-refractivity contribution in [2.24, 2.45) is 0 Å². The van der Waals surface area contributed by atoms with Gasteiger partial charge in [0.15, 0.2) is 0 Å². The Morgan fingerprint density at radius 2 is 1.92 bits per heavy atom. The van der Waals surface area contributed by atoms with Crippen molar-refractivity contribution in [1.29, 1.82) is 0 Å². The van der Waals surface area contributed by atoms with Crippen LogP contribution in [-0.4, -0.2) is 45.8 Å².